The molecule has 0 radical (unpaired) electrons. The molecule has 2 N–H and O–H groups in total. The molecule has 0 aromatic rings. The maximum Gasteiger partial charge on any atom is 0.344 e. The van der Waals surface area contributed by atoms with E-state index in [2.05, 4.69) is 5.43 Å². The van der Waals surface area contributed by atoms with Gasteiger partial charge >= 0.3 is 6.03 Å². The molecule has 0 saturated carbocycles. The fraction of sp³-hybridized carbons (Fsp3) is 0.750. The van der Waals surface area contributed by atoms with Crippen molar-refractivity contribution in [1.29, 1.82) is 0 Å². The van der Waals surface area contributed by atoms with E-state index >= 15 is 0 Å². The van der Waals surface area contributed by atoms with E-state index in [0.29, 0.717) is 37.4 Å². The van der Waals surface area contributed by atoms with E-state index in [1.165, 1.54) is 9.91 Å². The lowest BCUT2D eigenvalue weighted by Gasteiger charge is -2.33. The maximum atomic E-state index is 12.3. The van der Waals surface area contributed by atoms with E-state index in [-0.39, 0.29) is 17.9 Å². The molecule has 4 amide bonds. The number of hydroxylamine groups is 2. The Morgan fingerprint density at radius 3 is 2.80 bits per heavy atom. The Morgan fingerprint density at radius 1 is 1.25 bits per heavy atom. The second kappa shape index (κ2) is 4.93. The van der Waals surface area contributed by atoms with Gasteiger partial charge in [-0.15, -0.1) is 0 Å². The molecule has 8 nitrogen and oxygen atoms in total. The standard InChI is InChI=1S/C12H18N4O4/c17-10-3-1-2-6-15(10)13-11(18)9-5-4-8-7-14(9)12(19)16(8)20/h8-9,20H,1-7H2,(H,13,18). The molecule has 0 spiro atoms. The third-order valence-corrected chi connectivity index (χ3v) is 4.22. The summed E-state index contributed by atoms with van der Waals surface area (Å²) in [7, 11) is 0. The van der Waals surface area contributed by atoms with Crippen LogP contribution >= 0.6 is 0 Å². The summed E-state index contributed by atoms with van der Waals surface area (Å²) in [4.78, 5) is 37.1. The summed E-state index contributed by atoms with van der Waals surface area (Å²) in [5.74, 6) is -0.433. The van der Waals surface area contributed by atoms with Gasteiger partial charge in [0.25, 0.3) is 5.91 Å². The van der Waals surface area contributed by atoms with E-state index < -0.39 is 12.1 Å². The number of rotatable bonds is 2. The maximum absolute atomic E-state index is 12.3. The number of hydrogen-bond donors (Lipinski definition) is 2. The summed E-state index contributed by atoms with van der Waals surface area (Å²) in [6.07, 6.45) is 3.25. The van der Waals surface area contributed by atoms with E-state index in [1.54, 1.807) is 0 Å². The van der Waals surface area contributed by atoms with Crippen LogP contribution in [-0.4, -0.2) is 63.2 Å². The van der Waals surface area contributed by atoms with Gasteiger partial charge in [0, 0.05) is 19.5 Å². The summed E-state index contributed by atoms with van der Waals surface area (Å²) in [5, 5.41) is 11.6. The Morgan fingerprint density at radius 2 is 2.05 bits per heavy atom. The van der Waals surface area contributed by atoms with Gasteiger partial charge in [-0.3, -0.25) is 25.2 Å². The predicted molar refractivity (Wildman–Crippen MR) is 66.2 cm³/mol. The van der Waals surface area contributed by atoms with E-state index in [1.807, 2.05) is 0 Å². The fourth-order valence-electron chi connectivity index (χ4n) is 3.05. The first-order valence-electron chi connectivity index (χ1n) is 6.97. The third kappa shape index (κ3) is 2.09. The lowest BCUT2D eigenvalue weighted by atomic mass is 10.0. The van der Waals surface area contributed by atoms with Gasteiger partial charge in [0.2, 0.25) is 5.91 Å². The van der Waals surface area contributed by atoms with Crippen LogP contribution in [0.15, 0.2) is 0 Å². The molecule has 3 rings (SSSR count). The zero-order valence-corrected chi connectivity index (χ0v) is 11.1. The quantitative estimate of drug-likeness (QED) is 0.679. The normalized spacial score (nSPS) is 29.9. The van der Waals surface area contributed by atoms with Crippen molar-refractivity contribution in [3.63, 3.8) is 0 Å². The summed E-state index contributed by atoms with van der Waals surface area (Å²) < 4.78 is 0. The number of urea groups is 1. The first-order valence-corrected chi connectivity index (χ1v) is 6.97. The van der Waals surface area contributed by atoms with Crippen LogP contribution in [0.1, 0.15) is 32.1 Å². The van der Waals surface area contributed by atoms with Gasteiger partial charge in [-0.05, 0) is 25.7 Å². The lowest BCUT2D eigenvalue weighted by Crippen LogP contribution is -2.56. The Labute approximate surface area is 116 Å². The molecule has 8 heteroatoms. The highest BCUT2D eigenvalue weighted by molar-refractivity contribution is 5.90. The summed E-state index contributed by atoms with van der Waals surface area (Å²) >= 11 is 0. The van der Waals surface area contributed by atoms with Crippen LogP contribution in [0, 0.1) is 0 Å². The van der Waals surface area contributed by atoms with Gasteiger partial charge in [-0.1, -0.05) is 0 Å². The second-order valence-corrected chi connectivity index (χ2v) is 5.51. The Hall–Kier alpha value is -1.83. The van der Waals surface area contributed by atoms with Crippen molar-refractivity contribution in [3.8, 4) is 0 Å². The highest BCUT2D eigenvalue weighted by Gasteiger charge is 2.47. The molecule has 3 aliphatic rings. The molecular weight excluding hydrogens is 264 g/mol. The van der Waals surface area contributed by atoms with Crippen molar-refractivity contribution >= 4 is 17.8 Å². The van der Waals surface area contributed by atoms with Crippen LogP contribution in [0.25, 0.3) is 0 Å². The second-order valence-electron chi connectivity index (χ2n) is 5.51. The minimum absolute atomic E-state index is 0.0881. The number of carbonyl (C=O) groups is 3. The largest absolute Gasteiger partial charge is 0.344 e. The first kappa shape index (κ1) is 13.2. The molecular formula is C12H18N4O4. The molecule has 3 aliphatic heterocycles. The molecule has 0 aliphatic carbocycles. The van der Waals surface area contributed by atoms with Crippen LogP contribution in [0.5, 0.6) is 0 Å². The number of piperidine rings is 2. The molecule has 2 unspecified atom stereocenters. The minimum Gasteiger partial charge on any atom is -0.309 e. The molecule has 0 aromatic heterocycles. The van der Waals surface area contributed by atoms with Crippen molar-refractivity contribution in [1.82, 2.24) is 20.4 Å². The molecule has 20 heavy (non-hydrogen) atoms. The number of carbonyl (C=O) groups excluding carboxylic acids is 3. The molecule has 0 aromatic carbocycles. The molecule has 3 fully saturated rings. The number of amides is 4. The van der Waals surface area contributed by atoms with Crippen molar-refractivity contribution in [2.24, 2.45) is 0 Å². The first-order chi connectivity index (χ1) is 9.58. The smallest absolute Gasteiger partial charge is 0.309 e. The summed E-state index contributed by atoms with van der Waals surface area (Å²) in [6, 6.07) is -1.36. The topological polar surface area (TPSA) is 93.2 Å². The van der Waals surface area contributed by atoms with Gasteiger partial charge in [0.15, 0.2) is 0 Å². The Kier molecular flexibility index (Phi) is 3.25. The van der Waals surface area contributed by atoms with Crippen LogP contribution in [0.2, 0.25) is 0 Å². The van der Waals surface area contributed by atoms with Crippen LogP contribution < -0.4 is 5.43 Å². The number of hydrogen-bond acceptors (Lipinski definition) is 4. The van der Waals surface area contributed by atoms with Crippen molar-refractivity contribution in [3.05, 3.63) is 0 Å². The Bertz CT molecular complexity index is 455. The molecule has 2 atom stereocenters. The average molecular weight is 282 g/mol. The zero-order valence-electron chi connectivity index (χ0n) is 11.1. The average Bonchev–Trinajstić information content (AvgIpc) is 2.66. The molecule has 2 bridgehead atoms. The molecule has 3 saturated heterocycles. The Balaban J connectivity index is 1.65. The monoisotopic (exact) mass is 282 g/mol. The van der Waals surface area contributed by atoms with Crippen molar-refractivity contribution in [2.45, 2.75) is 44.2 Å². The SMILES string of the molecule is O=C(NN1CCCCC1=O)C1CCC2CN1C(=O)N2O. The van der Waals surface area contributed by atoms with E-state index in [9.17, 15) is 19.6 Å². The summed E-state index contributed by atoms with van der Waals surface area (Å²) in [5.41, 5.74) is 2.61. The van der Waals surface area contributed by atoms with Crippen LogP contribution in [-0.2, 0) is 9.59 Å². The minimum atomic E-state index is -0.606. The number of fused-ring (bicyclic) bond motifs is 2. The van der Waals surface area contributed by atoms with E-state index in [4.69, 9.17) is 0 Å². The highest BCUT2D eigenvalue weighted by Crippen LogP contribution is 2.28. The van der Waals surface area contributed by atoms with Crippen LogP contribution in [0.3, 0.4) is 0 Å². The van der Waals surface area contributed by atoms with Gasteiger partial charge in [-0.25, -0.2) is 9.86 Å². The number of nitrogens with one attached hydrogen (secondary N) is 1. The zero-order chi connectivity index (χ0) is 14.3. The molecule has 3 heterocycles. The van der Waals surface area contributed by atoms with Gasteiger partial charge in [-0.2, -0.15) is 0 Å². The van der Waals surface area contributed by atoms with Crippen LogP contribution in [0.4, 0.5) is 4.79 Å². The number of nitrogens with zero attached hydrogens (tertiary/aromatic N) is 3. The van der Waals surface area contributed by atoms with Crippen molar-refractivity contribution in [2.75, 3.05) is 13.1 Å². The van der Waals surface area contributed by atoms with Crippen molar-refractivity contribution < 1.29 is 19.6 Å². The fourth-order valence-corrected chi connectivity index (χ4v) is 3.05. The highest BCUT2D eigenvalue weighted by atomic mass is 16.5. The van der Waals surface area contributed by atoms with E-state index in [0.717, 1.165) is 12.8 Å². The molecule has 110 valence electrons. The predicted octanol–water partition coefficient (Wildman–Crippen LogP) is -0.312. The third-order valence-electron chi connectivity index (χ3n) is 4.22. The van der Waals surface area contributed by atoms with Gasteiger partial charge in [0.1, 0.15) is 6.04 Å². The lowest BCUT2D eigenvalue weighted by molar-refractivity contribution is -0.145. The number of hydrazine groups is 1. The van der Waals surface area contributed by atoms with Gasteiger partial charge in [0.05, 0.1) is 6.04 Å². The summed E-state index contributed by atoms with van der Waals surface area (Å²) in [6.45, 7) is 0.876. The van der Waals surface area contributed by atoms with Gasteiger partial charge < -0.3 is 4.90 Å².